The van der Waals surface area contributed by atoms with E-state index >= 15 is 0 Å². The molecule has 5 rings (SSSR count). The van der Waals surface area contributed by atoms with Gasteiger partial charge >= 0.3 is 5.97 Å². The first kappa shape index (κ1) is 23.6. The van der Waals surface area contributed by atoms with Crippen molar-refractivity contribution in [1.82, 2.24) is 9.55 Å². The number of esters is 1. The smallest absolute Gasteiger partial charge is 0.338 e. The van der Waals surface area contributed by atoms with Crippen LogP contribution in [0, 0.1) is 5.92 Å². The molecule has 0 saturated heterocycles. The third-order valence-corrected chi connectivity index (χ3v) is 7.72. The van der Waals surface area contributed by atoms with Crippen LogP contribution in [0.15, 0.2) is 53.5 Å². The predicted octanol–water partition coefficient (Wildman–Crippen LogP) is 5.29. The summed E-state index contributed by atoms with van der Waals surface area (Å²) in [6, 6.07) is 15.7. The van der Waals surface area contributed by atoms with E-state index in [-0.39, 0.29) is 11.9 Å². The lowest BCUT2D eigenvalue weighted by atomic mass is 9.90. The second-order valence-corrected chi connectivity index (χ2v) is 10.6. The van der Waals surface area contributed by atoms with Crippen molar-refractivity contribution in [3.05, 3.63) is 59.7 Å². The molecule has 1 unspecified atom stereocenters. The summed E-state index contributed by atoms with van der Waals surface area (Å²) in [5, 5.41) is 3.93. The largest absolute Gasteiger partial charge is 0.462 e. The lowest BCUT2D eigenvalue weighted by Crippen LogP contribution is -2.17. The number of nitrogens with one attached hydrogen (secondary N) is 1. The molecule has 1 atom stereocenters. The predicted molar refractivity (Wildman–Crippen MR) is 140 cm³/mol. The molecule has 2 aromatic carbocycles. The Hall–Kier alpha value is -3.13. The SMILES string of the molecule is CC(=O)Nc1nc2cc(C(=O)OCC3CCCCC3)ccc2n1C1=NCC(Cc2ccccc2)S1. The van der Waals surface area contributed by atoms with Gasteiger partial charge in [-0.2, -0.15) is 0 Å². The number of amides is 1. The van der Waals surface area contributed by atoms with Gasteiger partial charge in [-0.05, 0) is 48.9 Å². The molecule has 35 heavy (non-hydrogen) atoms. The maximum absolute atomic E-state index is 12.7. The minimum Gasteiger partial charge on any atom is -0.462 e. The fourth-order valence-corrected chi connectivity index (χ4v) is 5.95. The highest BCUT2D eigenvalue weighted by atomic mass is 32.2. The van der Waals surface area contributed by atoms with Crippen LogP contribution in [0.25, 0.3) is 11.0 Å². The Morgan fingerprint density at radius 2 is 1.91 bits per heavy atom. The summed E-state index contributed by atoms with van der Waals surface area (Å²) in [7, 11) is 0. The standard InChI is InChI=1S/C27H30N4O3S/c1-18(32)29-26-30-23-15-21(25(33)34-17-20-10-6-3-7-11-20)12-13-24(23)31(26)27-28-16-22(35-27)14-19-8-4-2-5-9-19/h2,4-5,8-9,12-13,15,20,22H,3,6-7,10-11,14,16-17H2,1H3,(H,29,30,32). The molecular weight excluding hydrogens is 460 g/mol. The van der Waals surface area contributed by atoms with Crippen LogP contribution in [0.4, 0.5) is 5.95 Å². The van der Waals surface area contributed by atoms with Gasteiger partial charge in [0.25, 0.3) is 0 Å². The molecule has 1 aliphatic heterocycles. The number of imidazole rings is 1. The maximum atomic E-state index is 12.7. The molecule has 0 radical (unpaired) electrons. The molecule has 2 aliphatic rings. The van der Waals surface area contributed by atoms with Crippen molar-refractivity contribution in [2.75, 3.05) is 18.5 Å². The van der Waals surface area contributed by atoms with Gasteiger partial charge in [-0.3, -0.25) is 19.7 Å². The highest BCUT2D eigenvalue weighted by Gasteiger charge is 2.26. The van der Waals surface area contributed by atoms with Crippen molar-refractivity contribution in [3.8, 4) is 0 Å². The van der Waals surface area contributed by atoms with Gasteiger partial charge in [-0.1, -0.05) is 61.4 Å². The maximum Gasteiger partial charge on any atom is 0.338 e. The Kier molecular flexibility index (Phi) is 7.18. The first-order valence-electron chi connectivity index (χ1n) is 12.3. The van der Waals surface area contributed by atoms with Crippen molar-refractivity contribution >= 4 is 45.8 Å². The molecule has 1 fully saturated rings. The zero-order chi connectivity index (χ0) is 24.2. The van der Waals surface area contributed by atoms with E-state index in [2.05, 4.69) is 22.4 Å². The van der Waals surface area contributed by atoms with Gasteiger partial charge in [0.05, 0.1) is 29.7 Å². The minimum absolute atomic E-state index is 0.210. The highest BCUT2D eigenvalue weighted by molar-refractivity contribution is 8.14. The van der Waals surface area contributed by atoms with Crippen LogP contribution in [-0.4, -0.2) is 45.0 Å². The molecule has 7 nitrogen and oxygen atoms in total. The van der Waals surface area contributed by atoms with Crippen molar-refractivity contribution in [3.63, 3.8) is 0 Å². The van der Waals surface area contributed by atoms with E-state index in [0.29, 0.717) is 41.3 Å². The first-order chi connectivity index (χ1) is 17.1. The van der Waals surface area contributed by atoms with Crippen LogP contribution in [0.3, 0.4) is 0 Å². The number of carbonyl (C=O) groups excluding carboxylic acids is 2. The van der Waals surface area contributed by atoms with E-state index in [1.54, 1.807) is 23.9 Å². The molecule has 2 heterocycles. The summed E-state index contributed by atoms with van der Waals surface area (Å²) in [6.45, 7) is 2.62. The number of aliphatic imine (C=N–C) groups is 1. The van der Waals surface area contributed by atoms with Gasteiger partial charge in [0, 0.05) is 12.2 Å². The summed E-state index contributed by atoms with van der Waals surface area (Å²) in [5.74, 6) is 0.330. The zero-order valence-electron chi connectivity index (χ0n) is 19.9. The number of rotatable bonds is 6. The number of hydrogen-bond acceptors (Lipinski definition) is 6. The minimum atomic E-state index is -0.330. The molecule has 1 N–H and O–H groups in total. The first-order valence-corrected chi connectivity index (χ1v) is 13.2. The Balaban J connectivity index is 1.35. The average Bonchev–Trinajstić information content (AvgIpc) is 3.46. The van der Waals surface area contributed by atoms with Crippen molar-refractivity contribution in [2.45, 2.75) is 50.7 Å². The van der Waals surface area contributed by atoms with Gasteiger partial charge in [0.1, 0.15) is 0 Å². The molecule has 1 aromatic heterocycles. The van der Waals surface area contributed by atoms with Gasteiger partial charge in [0.2, 0.25) is 11.9 Å². The van der Waals surface area contributed by atoms with E-state index in [0.717, 1.165) is 29.9 Å². The number of fused-ring (bicyclic) bond motifs is 1. The van der Waals surface area contributed by atoms with E-state index in [4.69, 9.17) is 9.73 Å². The number of aromatic nitrogens is 2. The van der Waals surface area contributed by atoms with E-state index in [9.17, 15) is 9.59 Å². The molecule has 1 amide bonds. The quantitative estimate of drug-likeness (QED) is 0.474. The molecule has 8 heteroatoms. The summed E-state index contributed by atoms with van der Waals surface area (Å²) in [5.41, 5.74) is 3.16. The fraction of sp³-hybridized carbons (Fsp3) is 0.407. The Bertz CT molecular complexity index is 1250. The number of ether oxygens (including phenoxy) is 1. The number of thioether (sulfide) groups is 1. The van der Waals surface area contributed by atoms with E-state index in [1.165, 1.54) is 31.7 Å². The molecule has 0 bridgehead atoms. The molecule has 182 valence electrons. The lowest BCUT2D eigenvalue weighted by Gasteiger charge is -2.21. The van der Waals surface area contributed by atoms with Gasteiger partial charge in [0.15, 0.2) is 5.17 Å². The summed E-state index contributed by atoms with van der Waals surface area (Å²) in [4.78, 5) is 34.0. The van der Waals surface area contributed by atoms with Gasteiger partial charge in [-0.25, -0.2) is 9.78 Å². The Morgan fingerprint density at radius 3 is 2.69 bits per heavy atom. The molecule has 1 aliphatic carbocycles. The number of benzene rings is 2. The summed E-state index contributed by atoms with van der Waals surface area (Å²) in [6.07, 6.45) is 6.87. The van der Waals surface area contributed by atoms with E-state index < -0.39 is 0 Å². The van der Waals surface area contributed by atoms with Gasteiger partial charge in [-0.15, -0.1) is 0 Å². The topological polar surface area (TPSA) is 85.6 Å². The number of anilines is 1. The third-order valence-electron chi connectivity index (χ3n) is 6.55. The molecular formula is C27H30N4O3S. The van der Waals surface area contributed by atoms with Crippen molar-refractivity contribution < 1.29 is 14.3 Å². The third kappa shape index (κ3) is 5.59. The van der Waals surface area contributed by atoms with Gasteiger partial charge < -0.3 is 4.74 Å². The van der Waals surface area contributed by atoms with Crippen LogP contribution in [0.5, 0.6) is 0 Å². The number of hydrogen-bond donors (Lipinski definition) is 1. The monoisotopic (exact) mass is 490 g/mol. The average molecular weight is 491 g/mol. The second-order valence-electron chi connectivity index (χ2n) is 9.31. The second kappa shape index (κ2) is 10.6. The fourth-order valence-electron chi connectivity index (χ4n) is 4.78. The summed E-state index contributed by atoms with van der Waals surface area (Å²) < 4.78 is 7.50. The van der Waals surface area contributed by atoms with Crippen LogP contribution in [0.2, 0.25) is 0 Å². The van der Waals surface area contributed by atoms with Crippen LogP contribution >= 0.6 is 11.8 Å². The zero-order valence-corrected chi connectivity index (χ0v) is 20.7. The Labute approximate surface area is 209 Å². The molecule has 0 spiro atoms. The molecule has 1 saturated carbocycles. The lowest BCUT2D eigenvalue weighted by molar-refractivity contribution is -0.114. The van der Waals surface area contributed by atoms with Crippen LogP contribution in [0.1, 0.15) is 54.9 Å². The van der Waals surface area contributed by atoms with E-state index in [1.807, 2.05) is 28.8 Å². The number of carbonyl (C=O) groups is 2. The highest BCUT2D eigenvalue weighted by Crippen LogP contribution is 2.31. The number of nitrogens with zero attached hydrogens (tertiary/aromatic N) is 3. The summed E-state index contributed by atoms with van der Waals surface area (Å²) >= 11 is 1.68. The van der Waals surface area contributed by atoms with Crippen LogP contribution < -0.4 is 5.32 Å². The van der Waals surface area contributed by atoms with Crippen molar-refractivity contribution in [1.29, 1.82) is 0 Å². The Morgan fingerprint density at radius 1 is 1.11 bits per heavy atom. The molecule has 3 aromatic rings. The normalized spacial score (nSPS) is 18.4. The van der Waals surface area contributed by atoms with Crippen molar-refractivity contribution in [2.24, 2.45) is 10.9 Å². The van der Waals surface area contributed by atoms with Crippen LogP contribution in [-0.2, 0) is 16.0 Å².